The van der Waals surface area contributed by atoms with Gasteiger partial charge >= 0.3 is 0 Å². The minimum atomic E-state index is 0.00759. The van der Waals surface area contributed by atoms with Gasteiger partial charge in [-0.15, -0.1) is 0 Å². The summed E-state index contributed by atoms with van der Waals surface area (Å²) in [6, 6.07) is 8.50. The summed E-state index contributed by atoms with van der Waals surface area (Å²) in [5.74, 6) is 1.95. The van der Waals surface area contributed by atoms with E-state index in [1.165, 1.54) is 5.56 Å². The Hall–Kier alpha value is -1.59. The smallest absolute Gasteiger partial charge is 0.224 e. The van der Waals surface area contributed by atoms with Crippen molar-refractivity contribution in [3.8, 4) is 5.75 Å². The van der Waals surface area contributed by atoms with E-state index in [0.29, 0.717) is 12.5 Å². The lowest BCUT2D eigenvalue weighted by molar-refractivity contribution is -0.126. The van der Waals surface area contributed by atoms with Gasteiger partial charge in [0.2, 0.25) is 5.91 Å². The molecule has 2 fully saturated rings. The maximum absolute atomic E-state index is 12.8. The number of ether oxygens (including phenoxy) is 2. The number of likely N-dealkylation sites (tertiary alicyclic amines) is 1. The molecule has 1 aromatic rings. The van der Waals surface area contributed by atoms with Gasteiger partial charge in [-0.3, -0.25) is 9.69 Å². The monoisotopic (exact) mass is 330 g/mol. The SMILES string of the molecule is CN1C[C@@H](C(=O)NCC2CCOCC2)[C@@H]2COc3ccccc3[C@@H]21. The molecule has 3 aliphatic rings. The van der Waals surface area contributed by atoms with Crippen molar-refractivity contribution in [1.82, 2.24) is 10.2 Å². The molecule has 3 aliphatic heterocycles. The molecule has 0 saturated carbocycles. The molecule has 2 saturated heterocycles. The zero-order valence-corrected chi connectivity index (χ0v) is 14.2. The van der Waals surface area contributed by atoms with E-state index in [1.54, 1.807) is 0 Å². The number of carbonyl (C=O) groups is 1. The van der Waals surface area contributed by atoms with Gasteiger partial charge in [-0.1, -0.05) is 18.2 Å². The number of nitrogens with one attached hydrogen (secondary N) is 1. The minimum Gasteiger partial charge on any atom is -0.493 e. The quantitative estimate of drug-likeness (QED) is 0.919. The highest BCUT2D eigenvalue weighted by Crippen LogP contribution is 2.46. The van der Waals surface area contributed by atoms with Crippen LogP contribution < -0.4 is 10.1 Å². The second-order valence-corrected chi connectivity index (χ2v) is 7.30. The Morgan fingerprint density at radius 3 is 2.92 bits per heavy atom. The maximum Gasteiger partial charge on any atom is 0.224 e. The van der Waals surface area contributed by atoms with E-state index in [4.69, 9.17) is 9.47 Å². The van der Waals surface area contributed by atoms with Crippen molar-refractivity contribution < 1.29 is 14.3 Å². The van der Waals surface area contributed by atoms with Crippen molar-refractivity contribution >= 4 is 5.91 Å². The molecule has 4 rings (SSSR count). The summed E-state index contributed by atoms with van der Waals surface area (Å²) in [7, 11) is 2.12. The van der Waals surface area contributed by atoms with Crippen LogP contribution in [0.2, 0.25) is 0 Å². The molecule has 0 unspecified atom stereocenters. The number of fused-ring (bicyclic) bond motifs is 3. The van der Waals surface area contributed by atoms with Crippen molar-refractivity contribution in [1.29, 1.82) is 0 Å². The van der Waals surface area contributed by atoms with Crippen molar-refractivity contribution in [2.24, 2.45) is 17.8 Å². The predicted molar refractivity (Wildman–Crippen MR) is 90.8 cm³/mol. The van der Waals surface area contributed by atoms with E-state index in [0.717, 1.165) is 44.9 Å². The molecule has 24 heavy (non-hydrogen) atoms. The molecule has 0 aliphatic carbocycles. The van der Waals surface area contributed by atoms with Crippen molar-refractivity contribution in [3.05, 3.63) is 29.8 Å². The predicted octanol–water partition coefficient (Wildman–Crippen LogP) is 1.84. The molecule has 1 amide bonds. The lowest BCUT2D eigenvalue weighted by Gasteiger charge is -2.33. The number of hydrogen-bond donors (Lipinski definition) is 1. The molecule has 0 aromatic heterocycles. The summed E-state index contributed by atoms with van der Waals surface area (Å²) in [5.41, 5.74) is 1.22. The lowest BCUT2D eigenvalue weighted by Crippen LogP contribution is -2.40. The number of hydrogen-bond acceptors (Lipinski definition) is 4. The fraction of sp³-hybridized carbons (Fsp3) is 0.632. The Morgan fingerprint density at radius 1 is 1.29 bits per heavy atom. The molecule has 130 valence electrons. The Morgan fingerprint density at radius 2 is 2.08 bits per heavy atom. The van der Waals surface area contributed by atoms with Gasteiger partial charge in [-0.25, -0.2) is 0 Å². The van der Waals surface area contributed by atoms with E-state index >= 15 is 0 Å². The third kappa shape index (κ3) is 2.91. The van der Waals surface area contributed by atoms with Gasteiger partial charge in [-0.05, 0) is 31.9 Å². The van der Waals surface area contributed by atoms with Gasteiger partial charge in [0.1, 0.15) is 5.75 Å². The highest BCUT2D eigenvalue weighted by Gasteiger charge is 2.47. The Kier molecular flexibility index (Phi) is 4.46. The number of rotatable bonds is 3. The van der Waals surface area contributed by atoms with Crippen LogP contribution in [0, 0.1) is 17.8 Å². The van der Waals surface area contributed by atoms with E-state index in [1.807, 2.05) is 12.1 Å². The number of carbonyl (C=O) groups excluding carboxylic acids is 1. The van der Waals surface area contributed by atoms with Gasteiger partial charge < -0.3 is 14.8 Å². The van der Waals surface area contributed by atoms with Crippen LogP contribution in [0.25, 0.3) is 0 Å². The third-order valence-electron chi connectivity index (χ3n) is 5.79. The van der Waals surface area contributed by atoms with E-state index in [-0.39, 0.29) is 23.8 Å². The first-order valence-electron chi connectivity index (χ1n) is 9.01. The van der Waals surface area contributed by atoms with Gasteiger partial charge in [0.05, 0.1) is 12.5 Å². The number of benzene rings is 1. The van der Waals surface area contributed by atoms with Crippen molar-refractivity contribution in [2.45, 2.75) is 18.9 Å². The Balaban J connectivity index is 1.43. The Labute approximate surface area is 143 Å². The zero-order valence-electron chi connectivity index (χ0n) is 14.2. The second-order valence-electron chi connectivity index (χ2n) is 7.30. The van der Waals surface area contributed by atoms with Crippen LogP contribution in [0.15, 0.2) is 24.3 Å². The maximum atomic E-state index is 12.8. The largest absolute Gasteiger partial charge is 0.493 e. The summed E-state index contributed by atoms with van der Waals surface area (Å²) in [5, 5.41) is 3.20. The highest BCUT2D eigenvalue weighted by molar-refractivity contribution is 5.80. The standard InChI is InChI=1S/C19H26N2O3/c1-21-11-15(19(22)20-10-13-6-8-23-9-7-13)16-12-24-17-5-3-2-4-14(17)18(16)21/h2-5,13,15-16,18H,6-12H2,1H3,(H,20,22)/t15-,16+,18+/m1/s1. The molecule has 1 aromatic carbocycles. The fourth-order valence-electron chi connectivity index (χ4n) is 4.43. The Bertz CT molecular complexity index is 600. The first-order chi connectivity index (χ1) is 11.7. The van der Waals surface area contributed by atoms with E-state index in [2.05, 4.69) is 29.4 Å². The van der Waals surface area contributed by atoms with Gasteiger partial charge in [0.25, 0.3) is 0 Å². The van der Waals surface area contributed by atoms with Crippen LogP contribution in [0.4, 0.5) is 0 Å². The summed E-state index contributed by atoms with van der Waals surface area (Å²) >= 11 is 0. The zero-order chi connectivity index (χ0) is 16.5. The second kappa shape index (κ2) is 6.73. The molecule has 3 atom stereocenters. The molecule has 3 heterocycles. The summed E-state index contributed by atoms with van der Waals surface area (Å²) < 4.78 is 11.3. The molecule has 0 spiro atoms. The molecule has 0 radical (unpaired) electrons. The van der Waals surface area contributed by atoms with Gasteiger partial charge in [0.15, 0.2) is 0 Å². The average Bonchev–Trinajstić information content (AvgIpc) is 2.98. The van der Waals surface area contributed by atoms with Crippen LogP contribution in [0.3, 0.4) is 0 Å². The van der Waals surface area contributed by atoms with Crippen LogP contribution in [-0.4, -0.2) is 50.8 Å². The lowest BCUT2D eigenvalue weighted by atomic mass is 9.85. The number of nitrogens with zero attached hydrogens (tertiary/aromatic N) is 1. The topological polar surface area (TPSA) is 50.8 Å². The van der Waals surface area contributed by atoms with E-state index < -0.39 is 0 Å². The van der Waals surface area contributed by atoms with E-state index in [9.17, 15) is 4.79 Å². The molecule has 0 bridgehead atoms. The molecular formula is C19H26N2O3. The molecule has 5 nitrogen and oxygen atoms in total. The van der Waals surface area contributed by atoms with Gasteiger partial charge in [0, 0.05) is 43.8 Å². The van der Waals surface area contributed by atoms with Crippen molar-refractivity contribution in [2.75, 3.05) is 40.0 Å². The normalized spacial score (nSPS) is 30.3. The van der Waals surface area contributed by atoms with Crippen LogP contribution >= 0.6 is 0 Å². The summed E-state index contributed by atoms with van der Waals surface area (Å²) in [6.45, 7) is 3.84. The van der Waals surface area contributed by atoms with Crippen LogP contribution in [-0.2, 0) is 9.53 Å². The first kappa shape index (κ1) is 15.9. The average molecular weight is 330 g/mol. The van der Waals surface area contributed by atoms with Crippen LogP contribution in [0.5, 0.6) is 5.75 Å². The molecule has 5 heteroatoms. The first-order valence-corrected chi connectivity index (χ1v) is 9.01. The van der Waals surface area contributed by atoms with Gasteiger partial charge in [-0.2, -0.15) is 0 Å². The third-order valence-corrected chi connectivity index (χ3v) is 5.79. The number of para-hydroxylation sites is 1. The van der Waals surface area contributed by atoms with Crippen molar-refractivity contribution in [3.63, 3.8) is 0 Å². The molecule has 1 N–H and O–H groups in total. The minimum absolute atomic E-state index is 0.00759. The van der Waals surface area contributed by atoms with Crippen LogP contribution in [0.1, 0.15) is 24.4 Å². The summed E-state index contributed by atoms with van der Waals surface area (Å²) in [6.07, 6.45) is 2.10. The number of amides is 1. The molecular weight excluding hydrogens is 304 g/mol. The summed E-state index contributed by atoms with van der Waals surface area (Å²) in [4.78, 5) is 15.1. The fourth-order valence-corrected chi connectivity index (χ4v) is 4.43. The highest BCUT2D eigenvalue weighted by atomic mass is 16.5.